The summed E-state index contributed by atoms with van der Waals surface area (Å²) >= 11 is 0. The number of ether oxygens (including phenoxy) is 1. The number of carbonyl (C=O) groups is 2. The van der Waals surface area contributed by atoms with Crippen molar-refractivity contribution >= 4 is 23.2 Å². The number of benzene rings is 2. The quantitative estimate of drug-likeness (QED) is 0.625. The molecular weight excluding hydrogens is 392 g/mol. The molecule has 0 aromatic heterocycles. The molecule has 7 heteroatoms. The Morgan fingerprint density at radius 1 is 0.968 bits per heavy atom. The van der Waals surface area contributed by atoms with Crippen LogP contribution in [0.3, 0.4) is 0 Å². The van der Waals surface area contributed by atoms with Gasteiger partial charge < -0.3 is 25.2 Å². The number of hydrogen-bond acceptors (Lipinski definition) is 4. The first-order valence-corrected chi connectivity index (χ1v) is 11.2. The van der Waals surface area contributed by atoms with Crippen molar-refractivity contribution in [3.05, 3.63) is 59.7 Å². The molecule has 2 aromatic rings. The van der Waals surface area contributed by atoms with Crippen molar-refractivity contribution in [3.8, 4) is 0 Å². The van der Waals surface area contributed by atoms with Crippen LogP contribution < -0.4 is 20.4 Å². The van der Waals surface area contributed by atoms with E-state index in [1.807, 2.05) is 30.3 Å². The number of nitrogens with one attached hydrogen (secondary N) is 3. The Morgan fingerprint density at radius 2 is 1.71 bits per heavy atom. The van der Waals surface area contributed by atoms with Gasteiger partial charge in [-0.2, -0.15) is 0 Å². The van der Waals surface area contributed by atoms with Crippen molar-refractivity contribution in [3.63, 3.8) is 0 Å². The monoisotopic (exact) mass is 423 g/mol. The number of morpholine rings is 1. The summed E-state index contributed by atoms with van der Waals surface area (Å²) in [6, 6.07) is 14.7. The lowest BCUT2D eigenvalue weighted by atomic mass is 10.1. The smallest absolute Gasteiger partial charge is 0.255 e. The molecule has 0 spiro atoms. The second kappa shape index (κ2) is 10.4. The van der Waals surface area contributed by atoms with Gasteiger partial charge in [-0.15, -0.1) is 0 Å². The van der Waals surface area contributed by atoms with Crippen LogP contribution in [0.5, 0.6) is 0 Å². The normalized spacial score (nSPS) is 16.8. The van der Waals surface area contributed by atoms with Crippen LogP contribution in [0, 0.1) is 0 Å². The molecule has 2 fully saturated rings. The average Bonchev–Trinajstić information content (AvgIpc) is 3.35. The maximum atomic E-state index is 13.1. The summed E-state index contributed by atoms with van der Waals surface area (Å²) in [5.74, 6) is -0.276. The second-order valence-electron chi connectivity index (χ2n) is 8.11. The maximum absolute atomic E-state index is 13.1. The van der Waals surface area contributed by atoms with Gasteiger partial charge in [0.05, 0.1) is 31.9 Å². The number of nitrogens with zero attached hydrogens (tertiary/aromatic N) is 1. The Bertz CT molecular complexity index is 891. The summed E-state index contributed by atoms with van der Waals surface area (Å²) in [5, 5.41) is 6.01. The Hall–Kier alpha value is -2.90. The molecule has 2 aliphatic heterocycles. The van der Waals surface area contributed by atoms with Crippen LogP contribution in [-0.2, 0) is 4.74 Å². The summed E-state index contributed by atoms with van der Waals surface area (Å²) in [4.78, 5) is 29.3. The van der Waals surface area contributed by atoms with Gasteiger partial charge in [0.1, 0.15) is 13.1 Å². The zero-order valence-electron chi connectivity index (χ0n) is 17.9. The van der Waals surface area contributed by atoms with E-state index in [4.69, 9.17) is 4.74 Å². The van der Waals surface area contributed by atoms with Crippen LogP contribution in [0.2, 0.25) is 0 Å². The summed E-state index contributed by atoms with van der Waals surface area (Å²) in [6.45, 7) is 6.94. The number of carbonyl (C=O) groups excluding carboxylic acids is 2. The molecule has 0 bridgehead atoms. The Labute approximate surface area is 183 Å². The largest absolute Gasteiger partial charge is 0.371 e. The van der Waals surface area contributed by atoms with Gasteiger partial charge in [-0.05, 0) is 43.2 Å². The number of hydrogen-bond donors (Lipinski definition) is 3. The van der Waals surface area contributed by atoms with Gasteiger partial charge in [-0.25, -0.2) is 0 Å². The van der Waals surface area contributed by atoms with Crippen molar-refractivity contribution < 1.29 is 19.2 Å². The molecule has 2 aliphatic rings. The van der Waals surface area contributed by atoms with Gasteiger partial charge in [-0.1, -0.05) is 18.2 Å². The minimum absolute atomic E-state index is 0.0923. The fourth-order valence-electron chi connectivity index (χ4n) is 4.18. The summed E-state index contributed by atoms with van der Waals surface area (Å²) in [6.07, 6.45) is 2.27. The third-order valence-electron chi connectivity index (χ3n) is 5.95. The maximum Gasteiger partial charge on any atom is 0.255 e. The molecule has 31 heavy (non-hydrogen) atoms. The zero-order chi connectivity index (χ0) is 21.5. The van der Waals surface area contributed by atoms with E-state index in [0.29, 0.717) is 23.4 Å². The van der Waals surface area contributed by atoms with Gasteiger partial charge in [-0.3, -0.25) is 9.59 Å². The van der Waals surface area contributed by atoms with E-state index < -0.39 is 0 Å². The second-order valence-corrected chi connectivity index (χ2v) is 8.11. The zero-order valence-corrected chi connectivity index (χ0v) is 17.9. The van der Waals surface area contributed by atoms with Crippen LogP contribution in [0.25, 0.3) is 0 Å². The topological polar surface area (TPSA) is 75.1 Å². The third-order valence-corrected chi connectivity index (χ3v) is 5.95. The van der Waals surface area contributed by atoms with Gasteiger partial charge in [0, 0.05) is 30.0 Å². The molecule has 164 valence electrons. The van der Waals surface area contributed by atoms with Gasteiger partial charge >= 0.3 is 0 Å². The number of amides is 2. The van der Waals surface area contributed by atoms with Crippen LogP contribution in [0.4, 0.5) is 11.4 Å². The highest BCUT2D eigenvalue weighted by Crippen LogP contribution is 2.27. The molecular formula is C24H31N4O3+. The average molecular weight is 424 g/mol. The molecule has 0 saturated carbocycles. The highest BCUT2D eigenvalue weighted by molar-refractivity contribution is 6.06. The Morgan fingerprint density at radius 3 is 2.45 bits per heavy atom. The molecule has 7 nitrogen and oxygen atoms in total. The predicted molar refractivity (Wildman–Crippen MR) is 121 cm³/mol. The van der Waals surface area contributed by atoms with E-state index in [1.165, 1.54) is 4.90 Å². The van der Waals surface area contributed by atoms with E-state index in [2.05, 4.69) is 15.5 Å². The molecule has 0 atom stereocenters. The highest BCUT2D eigenvalue weighted by Gasteiger charge is 2.21. The van der Waals surface area contributed by atoms with E-state index >= 15 is 0 Å². The molecule has 3 N–H and O–H groups in total. The molecule has 2 heterocycles. The lowest BCUT2D eigenvalue weighted by Crippen LogP contribution is -3.14. The van der Waals surface area contributed by atoms with Gasteiger partial charge in [0.15, 0.2) is 0 Å². The summed E-state index contributed by atoms with van der Waals surface area (Å²) < 4.78 is 5.40. The Kier molecular flexibility index (Phi) is 7.17. The Balaban J connectivity index is 1.46. The van der Waals surface area contributed by atoms with Crippen LogP contribution in [0.15, 0.2) is 48.5 Å². The third kappa shape index (κ3) is 5.62. The minimum atomic E-state index is -0.184. The highest BCUT2D eigenvalue weighted by atomic mass is 16.5. The molecule has 4 rings (SSSR count). The summed E-state index contributed by atoms with van der Waals surface area (Å²) in [5.41, 5.74) is 2.77. The lowest BCUT2D eigenvalue weighted by Gasteiger charge is -2.24. The summed E-state index contributed by atoms with van der Waals surface area (Å²) in [7, 11) is 0. The molecule has 2 saturated heterocycles. The van der Waals surface area contributed by atoms with Crippen LogP contribution in [0.1, 0.15) is 33.6 Å². The van der Waals surface area contributed by atoms with Crippen LogP contribution in [-0.4, -0.2) is 64.3 Å². The van der Waals surface area contributed by atoms with Gasteiger partial charge in [0.25, 0.3) is 11.8 Å². The predicted octanol–water partition coefficient (Wildman–Crippen LogP) is 1.18. The molecule has 0 unspecified atom stereocenters. The molecule has 2 amide bonds. The lowest BCUT2D eigenvalue weighted by molar-refractivity contribution is -0.906. The number of rotatable bonds is 7. The van der Waals surface area contributed by atoms with Gasteiger partial charge in [0.2, 0.25) is 0 Å². The van der Waals surface area contributed by atoms with E-state index in [-0.39, 0.29) is 11.8 Å². The fraction of sp³-hybridized carbons (Fsp3) is 0.417. The van der Waals surface area contributed by atoms with E-state index in [9.17, 15) is 9.59 Å². The fourth-order valence-corrected chi connectivity index (χ4v) is 4.18. The standard InChI is InChI=1S/C24H30N4O3/c29-23(19-6-2-1-3-7-19)26-20-8-9-22(28-11-4-5-12-28)21(18-20)24(30)25-10-13-27-14-16-31-17-15-27/h1-3,6-9,18H,4-5,10-17H2,(H,25,30)(H,26,29)/p+1. The number of quaternary nitrogens is 1. The van der Waals surface area contributed by atoms with Crippen molar-refractivity contribution in [2.45, 2.75) is 12.8 Å². The van der Waals surface area contributed by atoms with Crippen molar-refractivity contribution in [2.24, 2.45) is 0 Å². The first-order chi connectivity index (χ1) is 15.2. The van der Waals surface area contributed by atoms with E-state index in [1.54, 1.807) is 18.2 Å². The van der Waals surface area contributed by atoms with Crippen molar-refractivity contribution in [1.82, 2.24) is 5.32 Å². The SMILES string of the molecule is O=C(Nc1ccc(N2CCCC2)c(C(=O)NCC[NH+]2CCOCC2)c1)c1ccccc1. The first-order valence-electron chi connectivity index (χ1n) is 11.2. The van der Waals surface area contributed by atoms with Crippen molar-refractivity contribution in [1.29, 1.82) is 0 Å². The van der Waals surface area contributed by atoms with E-state index in [0.717, 1.165) is 64.5 Å². The molecule has 0 radical (unpaired) electrons. The van der Waals surface area contributed by atoms with Crippen molar-refractivity contribution in [2.75, 3.05) is 62.7 Å². The molecule has 2 aromatic carbocycles. The van der Waals surface area contributed by atoms with Crippen LogP contribution >= 0.6 is 0 Å². The number of anilines is 2. The minimum Gasteiger partial charge on any atom is -0.371 e. The molecule has 0 aliphatic carbocycles. The first kappa shape index (κ1) is 21.3.